The van der Waals surface area contributed by atoms with Crippen molar-refractivity contribution in [2.45, 2.75) is 33.4 Å². The number of nitrogens with one attached hydrogen (secondary N) is 1. The topological polar surface area (TPSA) is 86.3 Å². The van der Waals surface area contributed by atoms with Crippen LogP contribution in [0.3, 0.4) is 0 Å². The standard InChI is InChI=1S/C24H30N2O6/c1-5-26(14-18-7-6-8-20-23(18)31-12-11-30-20)24(28)17-9-10-19(21(13-17)29-4)32-15-22(27)25-16(2)3/h6-10,13,16H,5,11-12,14-15H2,1-4H3,(H,25,27). The lowest BCUT2D eigenvalue weighted by Gasteiger charge is -2.25. The van der Waals surface area contributed by atoms with Gasteiger partial charge in [-0.05, 0) is 45.0 Å². The molecule has 1 aliphatic heterocycles. The zero-order chi connectivity index (χ0) is 23.1. The minimum atomic E-state index is -0.225. The van der Waals surface area contributed by atoms with Crippen molar-refractivity contribution in [3.05, 3.63) is 47.5 Å². The fourth-order valence-corrected chi connectivity index (χ4v) is 3.40. The number of para-hydroxylation sites is 1. The van der Waals surface area contributed by atoms with Crippen LogP contribution in [0.4, 0.5) is 0 Å². The average Bonchev–Trinajstić information content (AvgIpc) is 2.80. The third-order valence-corrected chi connectivity index (χ3v) is 4.90. The van der Waals surface area contributed by atoms with Gasteiger partial charge in [0.2, 0.25) is 0 Å². The second kappa shape index (κ2) is 10.7. The van der Waals surface area contributed by atoms with Gasteiger partial charge in [0, 0.05) is 30.3 Å². The third-order valence-electron chi connectivity index (χ3n) is 4.90. The molecule has 0 bridgehead atoms. The average molecular weight is 443 g/mol. The van der Waals surface area contributed by atoms with Crippen LogP contribution in [0, 0.1) is 0 Å². The van der Waals surface area contributed by atoms with E-state index < -0.39 is 0 Å². The quantitative estimate of drug-likeness (QED) is 0.643. The minimum Gasteiger partial charge on any atom is -0.493 e. The number of fused-ring (bicyclic) bond motifs is 1. The Labute approximate surface area is 188 Å². The Morgan fingerprint density at radius 2 is 1.91 bits per heavy atom. The zero-order valence-corrected chi connectivity index (χ0v) is 19.0. The van der Waals surface area contributed by atoms with Crippen molar-refractivity contribution < 1.29 is 28.5 Å². The predicted molar refractivity (Wildman–Crippen MR) is 120 cm³/mol. The number of ether oxygens (including phenoxy) is 4. The molecule has 2 amide bonds. The first kappa shape index (κ1) is 23.2. The van der Waals surface area contributed by atoms with Gasteiger partial charge in [-0.25, -0.2) is 0 Å². The summed E-state index contributed by atoms with van der Waals surface area (Å²) in [6, 6.07) is 10.7. The number of rotatable bonds is 9. The van der Waals surface area contributed by atoms with Gasteiger partial charge in [-0.3, -0.25) is 9.59 Å². The minimum absolute atomic E-state index is 0.0280. The van der Waals surface area contributed by atoms with E-state index in [4.69, 9.17) is 18.9 Å². The molecule has 172 valence electrons. The summed E-state index contributed by atoms with van der Waals surface area (Å²) in [7, 11) is 1.50. The fraction of sp³-hybridized carbons (Fsp3) is 0.417. The number of nitrogens with zero attached hydrogens (tertiary/aromatic N) is 1. The molecule has 0 saturated heterocycles. The van der Waals surface area contributed by atoms with E-state index in [1.807, 2.05) is 39.0 Å². The van der Waals surface area contributed by atoms with Gasteiger partial charge < -0.3 is 29.2 Å². The van der Waals surface area contributed by atoms with Crippen molar-refractivity contribution in [3.63, 3.8) is 0 Å². The number of carbonyl (C=O) groups excluding carboxylic acids is 2. The summed E-state index contributed by atoms with van der Waals surface area (Å²) in [6.45, 7) is 7.44. The Bertz CT molecular complexity index is 960. The number of methoxy groups -OCH3 is 1. The molecular formula is C24H30N2O6. The molecule has 8 nitrogen and oxygen atoms in total. The van der Waals surface area contributed by atoms with E-state index in [9.17, 15) is 9.59 Å². The molecule has 0 fully saturated rings. The Kier molecular flexibility index (Phi) is 7.81. The van der Waals surface area contributed by atoms with E-state index in [0.717, 1.165) is 5.56 Å². The lowest BCUT2D eigenvalue weighted by atomic mass is 10.1. The molecule has 0 aromatic heterocycles. The van der Waals surface area contributed by atoms with Crippen molar-refractivity contribution in [1.82, 2.24) is 10.2 Å². The Balaban J connectivity index is 1.73. The number of hydrogen-bond acceptors (Lipinski definition) is 6. The highest BCUT2D eigenvalue weighted by atomic mass is 16.6. The molecule has 0 radical (unpaired) electrons. The molecule has 1 aliphatic rings. The Morgan fingerprint density at radius 1 is 1.12 bits per heavy atom. The summed E-state index contributed by atoms with van der Waals surface area (Å²) >= 11 is 0. The summed E-state index contributed by atoms with van der Waals surface area (Å²) in [4.78, 5) is 26.8. The second-order valence-corrected chi connectivity index (χ2v) is 7.64. The van der Waals surface area contributed by atoms with Crippen LogP contribution in [0.25, 0.3) is 0 Å². The van der Waals surface area contributed by atoms with Gasteiger partial charge in [-0.15, -0.1) is 0 Å². The summed E-state index contributed by atoms with van der Waals surface area (Å²) < 4.78 is 22.4. The maximum atomic E-state index is 13.2. The normalized spacial score (nSPS) is 12.3. The molecule has 2 aromatic carbocycles. The van der Waals surface area contributed by atoms with Gasteiger partial charge in [0.1, 0.15) is 13.2 Å². The van der Waals surface area contributed by atoms with Gasteiger partial charge in [-0.2, -0.15) is 0 Å². The molecule has 0 saturated carbocycles. The number of hydrogen-bond donors (Lipinski definition) is 1. The van der Waals surface area contributed by atoms with Crippen LogP contribution in [-0.2, 0) is 11.3 Å². The van der Waals surface area contributed by atoms with E-state index in [1.54, 1.807) is 23.1 Å². The molecule has 32 heavy (non-hydrogen) atoms. The van der Waals surface area contributed by atoms with Gasteiger partial charge in [0.25, 0.3) is 11.8 Å². The van der Waals surface area contributed by atoms with Crippen LogP contribution in [0.1, 0.15) is 36.7 Å². The number of amides is 2. The molecule has 0 atom stereocenters. The van der Waals surface area contributed by atoms with E-state index in [2.05, 4.69) is 5.32 Å². The van der Waals surface area contributed by atoms with Crippen molar-refractivity contribution in [2.24, 2.45) is 0 Å². The van der Waals surface area contributed by atoms with Crippen LogP contribution in [0.5, 0.6) is 23.0 Å². The second-order valence-electron chi connectivity index (χ2n) is 7.64. The highest BCUT2D eigenvalue weighted by Crippen LogP contribution is 2.35. The fourth-order valence-electron chi connectivity index (χ4n) is 3.40. The zero-order valence-electron chi connectivity index (χ0n) is 19.0. The first-order valence-electron chi connectivity index (χ1n) is 10.7. The number of carbonyl (C=O) groups is 2. The summed E-state index contributed by atoms with van der Waals surface area (Å²) in [5, 5.41) is 2.76. The Morgan fingerprint density at radius 3 is 2.62 bits per heavy atom. The molecule has 1 heterocycles. The van der Waals surface area contributed by atoms with Crippen LogP contribution in [-0.4, -0.2) is 56.2 Å². The van der Waals surface area contributed by atoms with Gasteiger partial charge in [0.15, 0.2) is 29.6 Å². The van der Waals surface area contributed by atoms with Crippen LogP contribution in [0.15, 0.2) is 36.4 Å². The SMILES string of the molecule is CCN(Cc1cccc2c1OCCO2)C(=O)c1ccc(OCC(=O)NC(C)C)c(OC)c1. The molecule has 8 heteroatoms. The van der Waals surface area contributed by atoms with Gasteiger partial charge in [0.05, 0.1) is 7.11 Å². The van der Waals surface area contributed by atoms with Gasteiger partial charge in [-0.1, -0.05) is 12.1 Å². The summed E-state index contributed by atoms with van der Waals surface area (Å²) in [5.74, 6) is 1.79. The molecule has 0 unspecified atom stereocenters. The molecule has 2 aromatic rings. The molecule has 1 N–H and O–H groups in total. The van der Waals surface area contributed by atoms with Crippen molar-refractivity contribution in [2.75, 3.05) is 33.5 Å². The van der Waals surface area contributed by atoms with E-state index in [-0.39, 0.29) is 24.5 Å². The highest BCUT2D eigenvalue weighted by Gasteiger charge is 2.21. The van der Waals surface area contributed by atoms with Crippen molar-refractivity contribution >= 4 is 11.8 Å². The maximum absolute atomic E-state index is 13.2. The summed E-state index contributed by atoms with van der Waals surface area (Å²) in [6.07, 6.45) is 0. The van der Waals surface area contributed by atoms with E-state index >= 15 is 0 Å². The first-order valence-corrected chi connectivity index (χ1v) is 10.7. The third kappa shape index (κ3) is 5.63. The highest BCUT2D eigenvalue weighted by molar-refractivity contribution is 5.95. The molecule has 3 rings (SSSR count). The monoisotopic (exact) mass is 442 g/mol. The van der Waals surface area contributed by atoms with Crippen molar-refractivity contribution in [3.8, 4) is 23.0 Å². The maximum Gasteiger partial charge on any atom is 0.258 e. The molecule has 0 spiro atoms. The first-order chi connectivity index (χ1) is 15.4. The lowest BCUT2D eigenvalue weighted by Crippen LogP contribution is -2.34. The summed E-state index contributed by atoms with van der Waals surface area (Å²) in [5.41, 5.74) is 1.35. The van der Waals surface area contributed by atoms with Gasteiger partial charge >= 0.3 is 0 Å². The Hall–Kier alpha value is -3.42. The van der Waals surface area contributed by atoms with Crippen LogP contribution >= 0.6 is 0 Å². The van der Waals surface area contributed by atoms with Crippen molar-refractivity contribution in [1.29, 1.82) is 0 Å². The van der Waals surface area contributed by atoms with E-state index in [0.29, 0.717) is 54.9 Å². The van der Waals surface area contributed by atoms with E-state index in [1.165, 1.54) is 7.11 Å². The lowest BCUT2D eigenvalue weighted by molar-refractivity contribution is -0.123. The smallest absolute Gasteiger partial charge is 0.258 e. The number of benzene rings is 2. The molecule has 0 aliphatic carbocycles. The largest absolute Gasteiger partial charge is 0.493 e. The molecular weight excluding hydrogens is 412 g/mol. The van der Waals surface area contributed by atoms with Crippen LogP contribution < -0.4 is 24.3 Å². The van der Waals surface area contributed by atoms with Crippen LogP contribution in [0.2, 0.25) is 0 Å². The predicted octanol–water partition coefficient (Wildman–Crippen LogP) is 3.03.